The van der Waals surface area contributed by atoms with Gasteiger partial charge in [-0.15, -0.1) is 0 Å². The zero-order valence-corrected chi connectivity index (χ0v) is 12.9. The van der Waals surface area contributed by atoms with Crippen LogP contribution in [0.5, 0.6) is 0 Å². The van der Waals surface area contributed by atoms with Gasteiger partial charge in [-0.05, 0) is 25.2 Å². The molecule has 116 valence electrons. The second-order valence-corrected chi connectivity index (χ2v) is 6.43. The summed E-state index contributed by atoms with van der Waals surface area (Å²) in [5.74, 6) is 0.505. The first-order chi connectivity index (χ1) is 9.98. The van der Waals surface area contributed by atoms with Crippen LogP contribution in [0.1, 0.15) is 39.5 Å². The summed E-state index contributed by atoms with van der Waals surface area (Å²) in [5.41, 5.74) is -0.697. The van der Waals surface area contributed by atoms with E-state index in [1.54, 1.807) is 0 Å². The van der Waals surface area contributed by atoms with Crippen molar-refractivity contribution >= 4 is 11.9 Å². The zero-order chi connectivity index (χ0) is 15.5. The third kappa shape index (κ3) is 3.35. The first-order valence-corrected chi connectivity index (χ1v) is 7.72. The molecule has 2 aliphatic rings. The molecule has 3 amide bonds. The van der Waals surface area contributed by atoms with Gasteiger partial charge in [0.2, 0.25) is 0 Å². The summed E-state index contributed by atoms with van der Waals surface area (Å²) in [6.07, 6.45) is 2.27. The first kappa shape index (κ1) is 15.8. The summed E-state index contributed by atoms with van der Waals surface area (Å²) in [5, 5.41) is 11.5. The summed E-state index contributed by atoms with van der Waals surface area (Å²) in [6.45, 7) is 7.43. The maximum absolute atomic E-state index is 12.6. The fraction of sp³-hybridized carbons (Fsp3) is 0.800. The minimum Gasteiger partial charge on any atom is -0.323 e. The van der Waals surface area contributed by atoms with Crippen molar-refractivity contribution in [3.63, 3.8) is 0 Å². The Hall–Kier alpha value is -1.61. The van der Waals surface area contributed by atoms with E-state index in [1.165, 1.54) is 4.90 Å². The largest absolute Gasteiger partial charge is 0.325 e. The van der Waals surface area contributed by atoms with Gasteiger partial charge in [-0.2, -0.15) is 5.26 Å². The molecule has 6 heteroatoms. The fourth-order valence-corrected chi connectivity index (χ4v) is 3.17. The molecule has 0 atom stereocenters. The van der Waals surface area contributed by atoms with Crippen molar-refractivity contribution in [2.45, 2.75) is 45.1 Å². The van der Waals surface area contributed by atoms with E-state index in [2.05, 4.69) is 24.1 Å². The van der Waals surface area contributed by atoms with Gasteiger partial charge in [-0.3, -0.25) is 9.69 Å². The van der Waals surface area contributed by atoms with Gasteiger partial charge in [-0.25, -0.2) is 4.79 Å². The Morgan fingerprint density at radius 1 is 1.33 bits per heavy atom. The highest BCUT2D eigenvalue weighted by atomic mass is 16.2. The number of hydrogen-bond acceptors (Lipinski definition) is 4. The Balaban J connectivity index is 1.94. The van der Waals surface area contributed by atoms with Crippen LogP contribution in [-0.4, -0.2) is 53.5 Å². The van der Waals surface area contributed by atoms with Crippen molar-refractivity contribution in [3.8, 4) is 6.07 Å². The van der Waals surface area contributed by atoms with Crippen LogP contribution < -0.4 is 5.32 Å². The van der Waals surface area contributed by atoms with Gasteiger partial charge >= 0.3 is 6.03 Å². The Labute approximate surface area is 126 Å². The van der Waals surface area contributed by atoms with Crippen molar-refractivity contribution in [1.29, 1.82) is 5.26 Å². The van der Waals surface area contributed by atoms with Crippen molar-refractivity contribution in [3.05, 3.63) is 0 Å². The first-order valence-electron chi connectivity index (χ1n) is 7.72. The Morgan fingerprint density at radius 3 is 2.57 bits per heavy atom. The van der Waals surface area contributed by atoms with E-state index in [-0.39, 0.29) is 11.9 Å². The average Bonchev–Trinajstić information content (AvgIpc) is 2.66. The predicted molar refractivity (Wildman–Crippen MR) is 78.3 cm³/mol. The lowest BCUT2D eigenvalue weighted by Gasteiger charge is -2.37. The maximum atomic E-state index is 12.6. The van der Waals surface area contributed by atoms with Crippen molar-refractivity contribution in [2.75, 3.05) is 26.2 Å². The Morgan fingerprint density at radius 2 is 2.00 bits per heavy atom. The van der Waals surface area contributed by atoms with E-state index >= 15 is 0 Å². The minimum atomic E-state index is -0.697. The van der Waals surface area contributed by atoms with Crippen LogP contribution >= 0.6 is 0 Å². The van der Waals surface area contributed by atoms with E-state index in [4.69, 9.17) is 5.26 Å². The number of piperidine rings is 1. The van der Waals surface area contributed by atoms with Gasteiger partial charge in [-0.1, -0.05) is 13.8 Å². The molecule has 0 unspecified atom stereocenters. The maximum Gasteiger partial charge on any atom is 0.325 e. The van der Waals surface area contributed by atoms with Gasteiger partial charge in [0.25, 0.3) is 5.91 Å². The number of carbonyl (C=O) groups is 2. The van der Waals surface area contributed by atoms with Crippen LogP contribution in [0.4, 0.5) is 4.79 Å². The Bertz CT molecular complexity index is 447. The molecule has 0 radical (unpaired) electrons. The summed E-state index contributed by atoms with van der Waals surface area (Å²) >= 11 is 0. The van der Waals surface area contributed by atoms with Gasteiger partial charge in [0.1, 0.15) is 5.54 Å². The molecule has 2 heterocycles. The average molecular weight is 292 g/mol. The number of nitrogens with zero attached hydrogens (tertiary/aromatic N) is 3. The molecule has 2 fully saturated rings. The van der Waals surface area contributed by atoms with Crippen LogP contribution in [0.2, 0.25) is 0 Å². The molecule has 0 aliphatic carbocycles. The molecule has 6 nitrogen and oxygen atoms in total. The molecule has 2 rings (SSSR count). The molecule has 0 aromatic rings. The smallest absolute Gasteiger partial charge is 0.323 e. The number of unbranched alkanes of at least 4 members (excludes halogenated alkanes) is 1. The fourth-order valence-electron chi connectivity index (χ4n) is 3.17. The monoisotopic (exact) mass is 292 g/mol. The van der Waals surface area contributed by atoms with Gasteiger partial charge in [0, 0.05) is 32.6 Å². The number of hydrogen-bond donors (Lipinski definition) is 1. The lowest BCUT2D eigenvalue weighted by Crippen LogP contribution is -2.55. The lowest BCUT2D eigenvalue weighted by atomic mass is 9.87. The molecule has 0 saturated carbocycles. The molecule has 0 bridgehead atoms. The second-order valence-electron chi connectivity index (χ2n) is 6.43. The van der Waals surface area contributed by atoms with E-state index in [1.807, 2.05) is 6.07 Å². The van der Waals surface area contributed by atoms with Crippen LogP contribution in [0.3, 0.4) is 0 Å². The number of rotatable bonds is 5. The number of likely N-dealkylation sites (tertiary alicyclic amines) is 1. The van der Waals surface area contributed by atoms with Crippen LogP contribution in [0, 0.1) is 17.2 Å². The zero-order valence-electron chi connectivity index (χ0n) is 12.9. The summed E-state index contributed by atoms with van der Waals surface area (Å²) in [6, 6.07) is 1.74. The van der Waals surface area contributed by atoms with E-state index in [0.717, 1.165) is 19.6 Å². The number of amides is 3. The third-order valence-electron chi connectivity index (χ3n) is 4.25. The van der Waals surface area contributed by atoms with Crippen molar-refractivity contribution < 1.29 is 9.59 Å². The number of urea groups is 1. The summed E-state index contributed by atoms with van der Waals surface area (Å²) in [4.78, 5) is 28.2. The number of nitriles is 1. The highest BCUT2D eigenvalue weighted by Crippen LogP contribution is 2.29. The van der Waals surface area contributed by atoms with E-state index < -0.39 is 5.54 Å². The van der Waals surface area contributed by atoms with Gasteiger partial charge in [0.15, 0.2) is 0 Å². The predicted octanol–water partition coefficient (Wildman–Crippen LogP) is 1.33. The van der Waals surface area contributed by atoms with Crippen molar-refractivity contribution in [2.24, 2.45) is 5.92 Å². The standard InChI is InChI=1S/C15H24N4O2/c1-12(2)11-18-9-5-15(6-10-18)13(20)19(14(21)17-15)8-4-3-7-16/h12H,3-6,8-11H2,1-2H3,(H,17,21). The number of nitrogens with one attached hydrogen (secondary N) is 1. The highest BCUT2D eigenvalue weighted by molar-refractivity contribution is 6.07. The van der Waals surface area contributed by atoms with Gasteiger partial charge in [0.05, 0.1) is 6.07 Å². The van der Waals surface area contributed by atoms with Crippen LogP contribution in [0.15, 0.2) is 0 Å². The molecule has 0 aromatic heterocycles. The van der Waals surface area contributed by atoms with E-state index in [9.17, 15) is 9.59 Å². The molecule has 0 aromatic carbocycles. The SMILES string of the molecule is CC(C)CN1CCC2(CC1)NC(=O)N(CCCC#N)C2=O. The van der Waals surface area contributed by atoms with Crippen molar-refractivity contribution in [1.82, 2.24) is 15.1 Å². The number of carbonyl (C=O) groups excluding carboxylic acids is 2. The molecule has 21 heavy (non-hydrogen) atoms. The topological polar surface area (TPSA) is 76.4 Å². The molecule has 1 spiro atoms. The van der Waals surface area contributed by atoms with Gasteiger partial charge < -0.3 is 10.2 Å². The van der Waals surface area contributed by atoms with Crippen LogP contribution in [0.25, 0.3) is 0 Å². The number of imide groups is 1. The van der Waals surface area contributed by atoms with Crippen LogP contribution in [-0.2, 0) is 4.79 Å². The molecular weight excluding hydrogens is 268 g/mol. The van der Waals surface area contributed by atoms with E-state index in [0.29, 0.717) is 38.1 Å². The second kappa shape index (κ2) is 6.44. The normalized spacial score (nSPS) is 21.9. The molecule has 1 N–H and O–H groups in total. The Kier molecular flexibility index (Phi) is 4.84. The quantitative estimate of drug-likeness (QED) is 0.612. The minimum absolute atomic E-state index is 0.102. The third-order valence-corrected chi connectivity index (χ3v) is 4.25. The molecular formula is C15H24N4O2. The lowest BCUT2D eigenvalue weighted by molar-refractivity contribution is -0.133. The summed E-state index contributed by atoms with van der Waals surface area (Å²) < 4.78 is 0. The highest BCUT2D eigenvalue weighted by Gasteiger charge is 2.51. The molecule has 2 aliphatic heterocycles. The summed E-state index contributed by atoms with van der Waals surface area (Å²) in [7, 11) is 0. The molecule has 2 saturated heterocycles.